The predicted molar refractivity (Wildman–Crippen MR) is 68.1 cm³/mol. The molecule has 0 radical (unpaired) electrons. The van der Waals surface area contributed by atoms with Crippen molar-refractivity contribution in [1.29, 1.82) is 0 Å². The summed E-state index contributed by atoms with van der Waals surface area (Å²) < 4.78 is 7.77. The first-order chi connectivity index (χ1) is 8.33. The summed E-state index contributed by atoms with van der Waals surface area (Å²) in [6, 6.07) is 2.08. The van der Waals surface area contributed by atoms with Gasteiger partial charge in [0.15, 0.2) is 0 Å². The number of rotatable bonds is 6. The first-order valence-corrected chi connectivity index (χ1v) is 6.76. The second-order valence-electron chi connectivity index (χ2n) is 4.79. The third kappa shape index (κ3) is 3.11. The van der Waals surface area contributed by atoms with E-state index in [2.05, 4.69) is 23.8 Å². The van der Waals surface area contributed by atoms with Gasteiger partial charge in [-0.05, 0) is 38.2 Å². The lowest BCUT2D eigenvalue weighted by molar-refractivity contribution is 0.129. The summed E-state index contributed by atoms with van der Waals surface area (Å²) in [7, 11) is 0. The van der Waals surface area contributed by atoms with Gasteiger partial charge in [0, 0.05) is 37.2 Å². The van der Waals surface area contributed by atoms with E-state index in [1.807, 2.05) is 0 Å². The molecule has 0 saturated heterocycles. The number of hydrogen-bond acceptors (Lipinski definition) is 2. The maximum atomic E-state index is 9.88. The Hall–Kier alpha value is -0.800. The zero-order chi connectivity index (χ0) is 12.1. The lowest BCUT2D eigenvalue weighted by Gasteiger charge is -2.20. The summed E-state index contributed by atoms with van der Waals surface area (Å²) in [5.41, 5.74) is 2.48. The summed E-state index contributed by atoms with van der Waals surface area (Å²) in [5.74, 6) is 0. The van der Waals surface area contributed by atoms with Crippen LogP contribution in [0.3, 0.4) is 0 Å². The Morgan fingerprint density at radius 3 is 3.18 bits per heavy atom. The highest BCUT2D eigenvalue weighted by Gasteiger charge is 2.20. The summed E-state index contributed by atoms with van der Waals surface area (Å²) in [4.78, 5) is 0. The van der Waals surface area contributed by atoms with Crippen LogP contribution in [0.1, 0.15) is 50.0 Å². The Kier molecular flexibility index (Phi) is 4.63. The molecule has 0 aliphatic heterocycles. The average molecular weight is 237 g/mol. The number of aryl methyl sites for hydroxylation is 1. The molecule has 0 amide bonds. The van der Waals surface area contributed by atoms with Crippen molar-refractivity contribution in [2.45, 2.75) is 51.7 Å². The highest BCUT2D eigenvalue weighted by molar-refractivity contribution is 5.27. The maximum Gasteiger partial charge on any atom is 0.0807 e. The molecule has 17 heavy (non-hydrogen) atoms. The van der Waals surface area contributed by atoms with Gasteiger partial charge in [-0.25, -0.2) is 0 Å². The molecule has 1 unspecified atom stereocenters. The molecule has 3 nitrogen and oxygen atoms in total. The molecule has 1 N–H and O–H groups in total. The number of aliphatic hydroxyl groups excluding tert-OH is 1. The quantitative estimate of drug-likeness (QED) is 0.772. The molecule has 1 heterocycles. The monoisotopic (exact) mass is 237 g/mol. The Bertz CT molecular complexity index is 346. The topological polar surface area (TPSA) is 34.4 Å². The van der Waals surface area contributed by atoms with Crippen molar-refractivity contribution in [2.75, 3.05) is 13.2 Å². The Labute approximate surface area is 103 Å². The molecular formula is C14H23NO2. The van der Waals surface area contributed by atoms with Gasteiger partial charge in [-0.2, -0.15) is 0 Å². The van der Waals surface area contributed by atoms with Crippen molar-refractivity contribution in [3.05, 3.63) is 23.5 Å². The fourth-order valence-corrected chi connectivity index (χ4v) is 2.52. The minimum Gasteiger partial charge on any atom is -0.388 e. The van der Waals surface area contributed by atoms with Gasteiger partial charge in [-0.3, -0.25) is 0 Å². The van der Waals surface area contributed by atoms with Crippen LogP contribution in [0.15, 0.2) is 12.3 Å². The first kappa shape index (κ1) is 12.7. The van der Waals surface area contributed by atoms with Gasteiger partial charge in [0.2, 0.25) is 0 Å². The molecule has 1 atom stereocenters. The van der Waals surface area contributed by atoms with E-state index in [9.17, 15) is 5.11 Å². The van der Waals surface area contributed by atoms with Crippen LogP contribution in [0.2, 0.25) is 0 Å². The molecule has 0 aromatic carbocycles. The number of ether oxygens (including phenoxy) is 1. The van der Waals surface area contributed by atoms with Gasteiger partial charge in [0.1, 0.15) is 0 Å². The van der Waals surface area contributed by atoms with E-state index >= 15 is 0 Å². The van der Waals surface area contributed by atoms with Gasteiger partial charge >= 0.3 is 0 Å². The molecular weight excluding hydrogens is 214 g/mol. The number of hydrogen-bond donors (Lipinski definition) is 1. The van der Waals surface area contributed by atoms with Crippen LogP contribution < -0.4 is 0 Å². The van der Waals surface area contributed by atoms with E-state index in [1.165, 1.54) is 5.69 Å². The van der Waals surface area contributed by atoms with Crippen LogP contribution in [0.5, 0.6) is 0 Å². The predicted octanol–water partition coefficient (Wildman–Crippen LogP) is 2.67. The van der Waals surface area contributed by atoms with Crippen LogP contribution in [0, 0.1) is 0 Å². The van der Waals surface area contributed by atoms with Crippen LogP contribution in [0.25, 0.3) is 0 Å². The van der Waals surface area contributed by atoms with Crippen molar-refractivity contribution in [3.8, 4) is 0 Å². The zero-order valence-corrected chi connectivity index (χ0v) is 10.7. The highest BCUT2D eigenvalue weighted by Crippen LogP contribution is 2.30. The first-order valence-electron chi connectivity index (χ1n) is 6.76. The van der Waals surface area contributed by atoms with E-state index in [4.69, 9.17) is 4.74 Å². The standard InChI is InChI=1S/C14H23NO2/c1-2-10-17-11-4-8-15-9-7-12-13(15)5-3-6-14(12)16/h7,9,14,16H,2-6,8,10-11H2,1H3. The molecule has 1 aromatic rings. The van der Waals surface area contributed by atoms with Gasteiger partial charge in [0.25, 0.3) is 0 Å². The van der Waals surface area contributed by atoms with E-state index in [1.54, 1.807) is 0 Å². The number of fused-ring (bicyclic) bond motifs is 1. The molecule has 0 saturated carbocycles. The van der Waals surface area contributed by atoms with Crippen LogP contribution in [-0.2, 0) is 17.7 Å². The van der Waals surface area contributed by atoms with Crippen LogP contribution in [0.4, 0.5) is 0 Å². The second-order valence-corrected chi connectivity index (χ2v) is 4.79. The van der Waals surface area contributed by atoms with E-state index in [0.717, 1.165) is 57.4 Å². The molecule has 1 aromatic heterocycles. The summed E-state index contributed by atoms with van der Waals surface area (Å²) in [5, 5.41) is 9.88. The van der Waals surface area contributed by atoms with Crippen LogP contribution in [-0.4, -0.2) is 22.9 Å². The van der Waals surface area contributed by atoms with Crippen molar-refractivity contribution in [3.63, 3.8) is 0 Å². The Balaban J connectivity index is 1.85. The maximum absolute atomic E-state index is 9.88. The molecule has 0 fully saturated rings. The van der Waals surface area contributed by atoms with Crippen LogP contribution >= 0.6 is 0 Å². The number of nitrogens with zero attached hydrogens (tertiary/aromatic N) is 1. The Morgan fingerprint density at radius 2 is 2.35 bits per heavy atom. The van der Waals surface area contributed by atoms with Gasteiger partial charge < -0.3 is 14.4 Å². The molecule has 1 aliphatic rings. The molecule has 2 rings (SSSR count). The SMILES string of the molecule is CCCOCCCn1ccc2c1CCCC2O. The van der Waals surface area contributed by atoms with Crippen molar-refractivity contribution >= 4 is 0 Å². The third-order valence-electron chi connectivity index (χ3n) is 3.40. The Morgan fingerprint density at radius 1 is 1.47 bits per heavy atom. The van der Waals surface area contributed by atoms with E-state index in [0.29, 0.717) is 0 Å². The van der Waals surface area contributed by atoms with Crippen molar-refractivity contribution in [1.82, 2.24) is 4.57 Å². The molecule has 3 heteroatoms. The van der Waals surface area contributed by atoms with E-state index < -0.39 is 0 Å². The lowest BCUT2D eigenvalue weighted by Crippen LogP contribution is -2.12. The minimum atomic E-state index is -0.239. The largest absolute Gasteiger partial charge is 0.388 e. The van der Waals surface area contributed by atoms with Gasteiger partial charge in [-0.15, -0.1) is 0 Å². The average Bonchev–Trinajstić information content (AvgIpc) is 2.74. The molecule has 96 valence electrons. The van der Waals surface area contributed by atoms with Crippen molar-refractivity contribution < 1.29 is 9.84 Å². The van der Waals surface area contributed by atoms with Crippen molar-refractivity contribution in [2.24, 2.45) is 0 Å². The summed E-state index contributed by atoms with van der Waals surface area (Å²) in [6.07, 6.45) is 7.13. The van der Waals surface area contributed by atoms with E-state index in [-0.39, 0.29) is 6.10 Å². The third-order valence-corrected chi connectivity index (χ3v) is 3.40. The second kappa shape index (κ2) is 6.22. The normalized spacial score (nSPS) is 19.3. The number of aliphatic hydroxyl groups is 1. The number of aromatic nitrogens is 1. The highest BCUT2D eigenvalue weighted by atomic mass is 16.5. The molecule has 1 aliphatic carbocycles. The van der Waals surface area contributed by atoms with Gasteiger partial charge in [0.05, 0.1) is 6.10 Å². The zero-order valence-electron chi connectivity index (χ0n) is 10.7. The smallest absolute Gasteiger partial charge is 0.0807 e. The molecule has 0 spiro atoms. The molecule has 0 bridgehead atoms. The summed E-state index contributed by atoms with van der Waals surface area (Å²) >= 11 is 0. The lowest BCUT2D eigenvalue weighted by atomic mass is 9.95. The fraction of sp³-hybridized carbons (Fsp3) is 0.714. The summed E-state index contributed by atoms with van der Waals surface area (Å²) in [6.45, 7) is 4.83. The minimum absolute atomic E-state index is 0.239. The fourth-order valence-electron chi connectivity index (χ4n) is 2.52. The van der Waals surface area contributed by atoms with Gasteiger partial charge in [-0.1, -0.05) is 6.92 Å².